The number of rotatable bonds is 5. The van der Waals surface area contributed by atoms with Crippen molar-refractivity contribution in [3.05, 3.63) is 72.1 Å². The highest BCUT2D eigenvalue weighted by atomic mass is 16.5. The van der Waals surface area contributed by atoms with Gasteiger partial charge in [-0.15, -0.1) is 0 Å². The molecule has 0 atom stereocenters. The molecule has 1 amide bonds. The molecule has 3 aromatic rings. The van der Waals surface area contributed by atoms with Crippen LogP contribution in [0.25, 0.3) is 0 Å². The highest BCUT2D eigenvalue weighted by molar-refractivity contribution is 6.04. The quantitative estimate of drug-likeness (QED) is 0.729. The minimum Gasteiger partial charge on any atom is -0.493 e. The number of para-hydroxylation sites is 1. The lowest BCUT2D eigenvalue weighted by Gasteiger charge is -2.19. The zero-order valence-electron chi connectivity index (χ0n) is 15.8. The molecular weight excluding hydrogens is 354 g/mol. The monoisotopic (exact) mass is 375 g/mol. The number of anilines is 3. The molecular formula is C22H21N3O3. The van der Waals surface area contributed by atoms with E-state index in [2.05, 4.69) is 27.3 Å². The van der Waals surface area contributed by atoms with Crippen LogP contribution in [-0.4, -0.2) is 31.7 Å². The van der Waals surface area contributed by atoms with Gasteiger partial charge in [-0.3, -0.25) is 9.78 Å². The maximum absolute atomic E-state index is 12.7. The minimum atomic E-state index is -0.228. The third kappa shape index (κ3) is 3.36. The molecule has 0 aliphatic carbocycles. The lowest BCUT2D eigenvalue weighted by molar-refractivity contribution is 0.102. The number of methoxy groups -OCH3 is 2. The first-order valence-corrected chi connectivity index (χ1v) is 9.03. The Balaban J connectivity index is 1.56. The van der Waals surface area contributed by atoms with E-state index >= 15 is 0 Å². The van der Waals surface area contributed by atoms with Crippen LogP contribution in [0.3, 0.4) is 0 Å². The number of fused-ring (bicyclic) bond motifs is 1. The van der Waals surface area contributed by atoms with Gasteiger partial charge in [-0.25, -0.2) is 0 Å². The van der Waals surface area contributed by atoms with Crippen molar-refractivity contribution in [3.63, 3.8) is 0 Å². The van der Waals surface area contributed by atoms with E-state index in [-0.39, 0.29) is 5.91 Å². The Kier molecular flexibility index (Phi) is 4.85. The fourth-order valence-corrected chi connectivity index (χ4v) is 3.42. The molecule has 2 heterocycles. The molecule has 0 bridgehead atoms. The summed E-state index contributed by atoms with van der Waals surface area (Å²) in [4.78, 5) is 19.2. The average molecular weight is 375 g/mol. The topological polar surface area (TPSA) is 63.7 Å². The lowest BCUT2D eigenvalue weighted by Crippen LogP contribution is -2.16. The van der Waals surface area contributed by atoms with Crippen molar-refractivity contribution in [2.24, 2.45) is 0 Å². The Hall–Kier alpha value is -3.54. The van der Waals surface area contributed by atoms with E-state index in [1.165, 1.54) is 11.3 Å². The molecule has 1 aliphatic rings. The molecule has 6 heteroatoms. The molecule has 6 nitrogen and oxygen atoms in total. The van der Waals surface area contributed by atoms with Gasteiger partial charge >= 0.3 is 0 Å². The predicted octanol–water partition coefficient (Wildman–Crippen LogP) is 4.05. The number of benzene rings is 2. The number of aromatic nitrogens is 1. The normalized spacial score (nSPS) is 12.4. The third-order valence-corrected chi connectivity index (χ3v) is 4.83. The van der Waals surface area contributed by atoms with Crippen LogP contribution in [0.4, 0.5) is 17.1 Å². The van der Waals surface area contributed by atoms with E-state index in [0.717, 1.165) is 18.7 Å². The minimum absolute atomic E-state index is 0.228. The van der Waals surface area contributed by atoms with Gasteiger partial charge in [-0.05, 0) is 36.2 Å². The number of hydrogen-bond donors (Lipinski definition) is 1. The van der Waals surface area contributed by atoms with Crippen LogP contribution in [0.5, 0.6) is 11.5 Å². The number of carbonyl (C=O) groups excluding carboxylic acids is 1. The van der Waals surface area contributed by atoms with Crippen molar-refractivity contribution in [2.75, 3.05) is 31.0 Å². The highest BCUT2D eigenvalue weighted by Gasteiger charge is 2.21. The molecule has 0 unspecified atom stereocenters. The Labute approximate surface area is 163 Å². The van der Waals surface area contributed by atoms with E-state index in [1.54, 1.807) is 44.8 Å². The summed E-state index contributed by atoms with van der Waals surface area (Å²) in [6, 6.07) is 15.4. The predicted molar refractivity (Wildman–Crippen MR) is 109 cm³/mol. The molecule has 0 fully saturated rings. The Morgan fingerprint density at radius 3 is 2.68 bits per heavy atom. The molecule has 1 aliphatic heterocycles. The second kappa shape index (κ2) is 7.60. The van der Waals surface area contributed by atoms with Crippen LogP contribution in [0.15, 0.2) is 60.9 Å². The third-order valence-electron chi connectivity index (χ3n) is 4.83. The fourth-order valence-electron chi connectivity index (χ4n) is 3.42. The Bertz CT molecular complexity index is 1020. The summed E-state index contributed by atoms with van der Waals surface area (Å²) in [6.45, 7) is 0.877. The lowest BCUT2D eigenvalue weighted by atomic mass is 10.2. The summed E-state index contributed by atoms with van der Waals surface area (Å²) < 4.78 is 10.5. The number of pyridine rings is 1. The molecule has 0 radical (unpaired) electrons. The summed E-state index contributed by atoms with van der Waals surface area (Å²) in [5.74, 6) is 0.937. The summed E-state index contributed by atoms with van der Waals surface area (Å²) in [7, 11) is 3.13. The largest absolute Gasteiger partial charge is 0.493 e. The number of amides is 1. The van der Waals surface area contributed by atoms with Crippen LogP contribution in [0.1, 0.15) is 15.9 Å². The number of carbonyl (C=O) groups is 1. The zero-order valence-corrected chi connectivity index (χ0v) is 15.8. The maximum atomic E-state index is 12.7. The summed E-state index contributed by atoms with van der Waals surface area (Å²) in [5, 5.41) is 2.89. The number of hydrogen-bond acceptors (Lipinski definition) is 5. The van der Waals surface area contributed by atoms with Crippen LogP contribution in [0.2, 0.25) is 0 Å². The summed E-state index contributed by atoms with van der Waals surface area (Å²) in [5.41, 5.74) is 4.51. The van der Waals surface area contributed by atoms with Crippen molar-refractivity contribution in [3.8, 4) is 11.5 Å². The second-order valence-electron chi connectivity index (χ2n) is 6.49. The van der Waals surface area contributed by atoms with Gasteiger partial charge < -0.3 is 19.7 Å². The average Bonchev–Trinajstić information content (AvgIpc) is 3.18. The van der Waals surface area contributed by atoms with Gasteiger partial charge in [-0.2, -0.15) is 0 Å². The van der Waals surface area contributed by atoms with Crippen molar-refractivity contribution in [2.45, 2.75) is 6.42 Å². The Morgan fingerprint density at radius 1 is 1.04 bits per heavy atom. The first kappa shape index (κ1) is 17.9. The van der Waals surface area contributed by atoms with Crippen LogP contribution in [0, 0.1) is 0 Å². The molecule has 4 rings (SSSR count). The number of ether oxygens (including phenoxy) is 2. The van der Waals surface area contributed by atoms with Crippen molar-refractivity contribution >= 4 is 23.0 Å². The zero-order chi connectivity index (χ0) is 19.5. The van der Waals surface area contributed by atoms with Gasteiger partial charge in [0.2, 0.25) is 0 Å². The SMILES string of the molecule is COc1ccc(NC(=O)c2cncc(N3CCc4ccccc43)c2)cc1OC. The highest BCUT2D eigenvalue weighted by Crippen LogP contribution is 2.34. The van der Waals surface area contributed by atoms with E-state index in [9.17, 15) is 4.79 Å². The molecule has 142 valence electrons. The molecule has 0 spiro atoms. The molecule has 2 aromatic carbocycles. The van der Waals surface area contributed by atoms with Gasteiger partial charge in [-0.1, -0.05) is 18.2 Å². The van der Waals surface area contributed by atoms with Gasteiger partial charge in [0.25, 0.3) is 5.91 Å². The summed E-state index contributed by atoms with van der Waals surface area (Å²) in [6.07, 6.45) is 4.34. The molecule has 28 heavy (non-hydrogen) atoms. The summed E-state index contributed by atoms with van der Waals surface area (Å²) >= 11 is 0. The fraction of sp³-hybridized carbons (Fsp3) is 0.182. The van der Waals surface area contributed by atoms with Crippen LogP contribution >= 0.6 is 0 Å². The van der Waals surface area contributed by atoms with Crippen LogP contribution in [-0.2, 0) is 6.42 Å². The second-order valence-corrected chi connectivity index (χ2v) is 6.49. The van der Waals surface area contributed by atoms with Crippen LogP contribution < -0.4 is 19.7 Å². The van der Waals surface area contributed by atoms with E-state index in [4.69, 9.17) is 9.47 Å². The van der Waals surface area contributed by atoms with Gasteiger partial charge in [0, 0.05) is 30.2 Å². The molecule has 1 aromatic heterocycles. The van der Waals surface area contributed by atoms with E-state index in [0.29, 0.717) is 22.7 Å². The van der Waals surface area contributed by atoms with Gasteiger partial charge in [0.15, 0.2) is 11.5 Å². The Morgan fingerprint density at radius 2 is 1.86 bits per heavy atom. The van der Waals surface area contributed by atoms with Gasteiger partial charge in [0.1, 0.15) is 0 Å². The number of nitrogens with one attached hydrogen (secondary N) is 1. The van der Waals surface area contributed by atoms with Crippen molar-refractivity contribution in [1.29, 1.82) is 0 Å². The maximum Gasteiger partial charge on any atom is 0.257 e. The van der Waals surface area contributed by atoms with Gasteiger partial charge in [0.05, 0.1) is 31.7 Å². The first-order chi connectivity index (χ1) is 13.7. The van der Waals surface area contributed by atoms with E-state index in [1.807, 2.05) is 18.2 Å². The van der Waals surface area contributed by atoms with E-state index < -0.39 is 0 Å². The van der Waals surface area contributed by atoms with Crippen molar-refractivity contribution in [1.82, 2.24) is 4.98 Å². The molecule has 1 N–H and O–H groups in total. The van der Waals surface area contributed by atoms with Crippen molar-refractivity contribution < 1.29 is 14.3 Å². The number of nitrogens with zero attached hydrogens (tertiary/aromatic N) is 2. The first-order valence-electron chi connectivity index (χ1n) is 9.03. The molecule has 0 saturated carbocycles. The smallest absolute Gasteiger partial charge is 0.257 e. The standard InChI is InChI=1S/C22H21N3O3/c1-27-20-8-7-17(12-21(20)28-2)24-22(26)16-11-18(14-23-13-16)25-10-9-15-5-3-4-6-19(15)25/h3-8,11-14H,9-10H2,1-2H3,(H,24,26). The molecule has 0 saturated heterocycles.